The van der Waals surface area contributed by atoms with Gasteiger partial charge in [-0.25, -0.2) is 4.98 Å². The number of rotatable bonds is 5. The minimum atomic E-state index is 1.02. The molecule has 0 saturated carbocycles. The zero-order chi connectivity index (χ0) is 9.36. The molecule has 0 saturated heterocycles. The van der Waals surface area contributed by atoms with Crippen LogP contribution in [0, 0.1) is 0 Å². The second-order valence-electron chi connectivity index (χ2n) is 2.74. The molecule has 0 N–H and O–H groups in total. The first kappa shape index (κ1) is 10.3. The highest BCUT2D eigenvalue weighted by atomic mass is 32.2. The summed E-state index contributed by atoms with van der Waals surface area (Å²) >= 11 is 1.77. The number of thioether (sulfide) groups is 1. The molecule has 1 heterocycles. The molecule has 0 amide bonds. The fourth-order valence-corrected chi connectivity index (χ4v) is 1.63. The molecule has 0 radical (unpaired) electrons. The van der Waals surface area contributed by atoms with Gasteiger partial charge in [0.15, 0.2) is 0 Å². The van der Waals surface area contributed by atoms with Gasteiger partial charge in [-0.1, -0.05) is 31.6 Å². The Morgan fingerprint density at radius 3 is 3.00 bits per heavy atom. The molecule has 70 valence electrons. The molecule has 0 aromatic carbocycles. The lowest BCUT2D eigenvalue weighted by Crippen LogP contribution is -1.77. The number of nitrogens with zero attached hydrogens (tertiary/aromatic N) is 1. The second kappa shape index (κ2) is 6.72. The zero-order valence-corrected chi connectivity index (χ0v) is 8.76. The minimum absolute atomic E-state index is 1.02. The summed E-state index contributed by atoms with van der Waals surface area (Å²) in [7, 11) is 0. The van der Waals surface area contributed by atoms with E-state index in [4.69, 9.17) is 0 Å². The van der Waals surface area contributed by atoms with E-state index in [-0.39, 0.29) is 0 Å². The van der Waals surface area contributed by atoms with Crippen LogP contribution in [-0.2, 0) is 0 Å². The molecule has 1 aromatic heterocycles. The van der Waals surface area contributed by atoms with Gasteiger partial charge < -0.3 is 0 Å². The molecule has 1 rings (SSSR count). The molecular weight excluding hydrogens is 178 g/mol. The smallest absolute Gasteiger partial charge is 0.0962 e. The Balaban J connectivity index is 2.20. The third-order valence-corrected chi connectivity index (χ3v) is 2.48. The van der Waals surface area contributed by atoms with Crippen LogP contribution in [-0.4, -0.2) is 10.7 Å². The molecule has 0 unspecified atom stereocenters. The van der Waals surface area contributed by atoms with Gasteiger partial charge in [0.2, 0.25) is 0 Å². The molecule has 1 nitrogen and oxygen atoms in total. The highest BCUT2D eigenvalue weighted by Gasteiger charge is 1.89. The highest BCUT2D eigenvalue weighted by molar-refractivity contribution is 7.99. The predicted molar refractivity (Wildman–Crippen MR) is 59.0 cm³/mol. The second-order valence-corrected chi connectivity index (χ2v) is 3.78. The predicted octanol–water partition coefficient (Wildman–Crippen LogP) is 3.53. The van der Waals surface area contributed by atoms with Crippen LogP contribution >= 0.6 is 11.8 Å². The minimum Gasteiger partial charge on any atom is -0.250 e. The Morgan fingerprint density at radius 1 is 1.38 bits per heavy atom. The van der Waals surface area contributed by atoms with Crippen LogP contribution in [0.3, 0.4) is 0 Å². The zero-order valence-electron chi connectivity index (χ0n) is 7.94. The van der Waals surface area contributed by atoms with Crippen molar-refractivity contribution in [2.24, 2.45) is 0 Å². The first-order valence-electron chi connectivity index (χ1n) is 4.62. The van der Waals surface area contributed by atoms with E-state index in [0.717, 1.165) is 10.8 Å². The Hall–Kier alpha value is -0.760. The number of allylic oxidation sites excluding steroid dienone is 1. The molecular formula is C11H15NS. The van der Waals surface area contributed by atoms with Gasteiger partial charge >= 0.3 is 0 Å². The fraction of sp³-hybridized carbons (Fsp3) is 0.364. The van der Waals surface area contributed by atoms with Crippen LogP contribution in [0.15, 0.2) is 41.6 Å². The van der Waals surface area contributed by atoms with Crippen molar-refractivity contribution in [2.75, 3.05) is 5.75 Å². The summed E-state index contributed by atoms with van der Waals surface area (Å²) in [5.74, 6) is 1.02. The lowest BCUT2D eigenvalue weighted by molar-refractivity contribution is 0.957. The van der Waals surface area contributed by atoms with E-state index >= 15 is 0 Å². The molecule has 1 aromatic rings. The topological polar surface area (TPSA) is 12.9 Å². The number of pyridine rings is 1. The maximum Gasteiger partial charge on any atom is 0.0962 e. The van der Waals surface area contributed by atoms with Crippen molar-refractivity contribution in [1.82, 2.24) is 4.98 Å². The number of hydrogen-bond donors (Lipinski definition) is 0. The Bertz CT molecular complexity index is 244. The largest absolute Gasteiger partial charge is 0.250 e. The summed E-state index contributed by atoms with van der Waals surface area (Å²) in [5.41, 5.74) is 0. The molecule has 13 heavy (non-hydrogen) atoms. The summed E-state index contributed by atoms with van der Waals surface area (Å²) in [4.78, 5) is 4.23. The SMILES string of the molecule is CCC/C=C/CSc1ccccn1. The number of aromatic nitrogens is 1. The first-order chi connectivity index (χ1) is 6.43. The van der Waals surface area contributed by atoms with Crippen LogP contribution in [0.2, 0.25) is 0 Å². The van der Waals surface area contributed by atoms with Crippen molar-refractivity contribution >= 4 is 11.8 Å². The Morgan fingerprint density at radius 2 is 2.31 bits per heavy atom. The Labute approximate surface area is 84.3 Å². The molecule has 0 aliphatic rings. The van der Waals surface area contributed by atoms with Crippen LogP contribution in [0.4, 0.5) is 0 Å². The molecule has 0 fully saturated rings. The summed E-state index contributed by atoms with van der Waals surface area (Å²) < 4.78 is 0. The lowest BCUT2D eigenvalue weighted by atomic mass is 10.3. The van der Waals surface area contributed by atoms with Crippen molar-refractivity contribution < 1.29 is 0 Å². The van der Waals surface area contributed by atoms with Gasteiger partial charge in [-0.15, -0.1) is 11.8 Å². The Kier molecular flexibility index (Phi) is 5.34. The average Bonchev–Trinajstić information content (AvgIpc) is 2.19. The van der Waals surface area contributed by atoms with E-state index < -0.39 is 0 Å². The molecule has 0 atom stereocenters. The van der Waals surface area contributed by atoms with Gasteiger partial charge in [-0.05, 0) is 18.6 Å². The molecule has 0 bridgehead atoms. The monoisotopic (exact) mass is 193 g/mol. The summed E-state index contributed by atoms with van der Waals surface area (Å²) in [6.45, 7) is 2.19. The van der Waals surface area contributed by atoms with Crippen LogP contribution in [0.5, 0.6) is 0 Å². The van der Waals surface area contributed by atoms with Crippen molar-refractivity contribution in [3.63, 3.8) is 0 Å². The van der Waals surface area contributed by atoms with Gasteiger partial charge in [0, 0.05) is 11.9 Å². The number of hydrogen-bond acceptors (Lipinski definition) is 2. The van der Waals surface area contributed by atoms with Crippen LogP contribution < -0.4 is 0 Å². The van der Waals surface area contributed by atoms with Crippen molar-refractivity contribution in [1.29, 1.82) is 0 Å². The average molecular weight is 193 g/mol. The van der Waals surface area contributed by atoms with Crippen molar-refractivity contribution in [2.45, 2.75) is 24.8 Å². The van der Waals surface area contributed by atoms with E-state index in [1.807, 2.05) is 24.4 Å². The fourth-order valence-electron chi connectivity index (χ4n) is 0.919. The molecule has 0 spiro atoms. The van der Waals surface area contributed by atoms with Gasteiger partial charge in [0.05, 0.1) is 5.03 Å². The maximum absolute atomic E-state index is 4.23. The molecule has 2 heteroatoms. The standard InChI is InChI=1S/C11H15NS/c1-2-3-4-7-10-13-11-8-5-6-9-12-11/h4-9H,2-3,10H2,1H3/b7-4+. The number of unbranched alkanes of at least 4 members (excludes halogenated alkanes) is 1. The third-order valence-electron chi connectivity index (χ3n) is 1.59. The summed E-state index contributed by atoms with van der Waals surface area (Å²) in [6, 6.07) is 6.00. The van der Waals surface area contributed by atoms with E-state index in [0.29, 0.717) is 0 Å². The van der Waals surface area contributed by atoms with E-state index in [2.05, 4.69) is 24.1 Å². The van der Waals surface area contributed by atoms with Gasteiger partial charge in [0.1, 0.15) is 0 Å². The van der Waals surface area contributed by atoms with Gasteiger partial charge in [-0.3, -0.25) is 0 Å². The van der Waals surface area contributed by atoms with E-state index in [1.54, 1.807) is 11.8 Å². The normalized spacial score (nSPS) is 10.8. The quantitative estimate of drug-likeness (QED) is 0.524. The molecule has 0 aliphatic carbocycles. The van der Waals surface area contributed by atoms with Crippen molar-refractivity contribution in [3.8, 4) is 0 Å². The summed E-state index contributed by atoms with van der Waals surface area (Å²) in [5, 5.41) is 1.10. The highest BCUT2D eigenvalue weighted by Crippen LogP contribution is 2.13. The third kappa shape index (κ3) is 4.73. The first-order valence-corrected chi connectivity index (χ1v) is 5.61. The maximum atomic E-state index is 4.23. The van der Waals surface area contributed by atoms with Crippen LogP contribution in [0.25, 0.3) is 0 Å². The van der Waals surface area contributed by atoms with Crippen LogP contribution in [0.1, 0.15) is 19.8 Å². The van der Waals surface area contributed by atoms with Gasteiger partial charge in [0.25, 0.3) is 0 Å². The van der Waals surface area contributed by atoms with Gasteiger partial charge in [-0.2, -0.15) is 0 Å². The summed E-state index contributed by atoms with van der Waals surface area (Å²) in [6.07, 6.45) is 8.68. The van der Waals surface area contributed by atoms with E-state index in [9.17, 15) is 0 Å². The van der Waals surface area contributed by atoms with E-state index in [1.165, 1.54) is 12.8 Å². The van der Waals surface area contributed by atoms with Crippen molar-refractivity contribution in [3.05, 3.63) is 36.5 Å². The molecule has 0 aliphatic heterocycles. The lowest BCUT2D eigenvalue weighted by Gasteiger charge is -1.94.